The average Bonchev–Trinajstić information content (AvgIpc) is 2.94. The van der Waals surface area contributed by atoms with E-state index in [2.05, 4.69) is 0 Å². The highest BCUT2D eigenvalue weighted by atomic mass is 19.1. The fraction of sp³-hybridized carbons (Fsp3) is 0.500. The van der Waals surface area contributed by atoms with Gasteiger partial charge in [-0.1, -0.05) is 12.1 Å². The van der Waals surface area contributed by atoms with Gasteiger partial charge < -0.3 is 10.0 Å². The molecule has 0 saturated carbocycles. The van der Waals surface area contributed by atoms with E-state index in [1.165, 1.54) is 12.1 Å². The second-order valence-corrected chi connectivity index (χ2v) is 5.70. The molecule has 1 saturated heterocycles. The Labute approximate surface area is 129 Å². The van der Waals surface area contributed by atoms with Gasteiger partial charge in [-0.05, 0) is 44.0 Å². The van der Waals surface area contributed by atoms with E-state index >= 15 is 0 Å². The Bertz CT molecular complexity index is 547. The minimum absolute atomic E-state index is 0.0962. The van der Waals surface area contributed by atoms with Crippen LogP contribution in [0.5, 0.6) is 0 Å². The maximum Gasteiger partial charge on any atom is 0.320 e. The summed E-state index contributed by atoms with van der Waals surface area (Å²) in [7, 11) is 1.68. The van der Waals surface area contributed by atoms with Crippen LogP contribution in [0.15, 0.2) is 24.3 Å². The van der Waals surface area contributed by atoms with Gasteiger partial charge in [-0.2, -0.15) is 0 Å². The van der Waals surface area contributed by atoms with E-state index in [0.717, 1.165) is 12.0 Å². The van der Waals surface area contributed by atoms with Gasteiger partial charge in [0, 0.05) is 7.05 Å². The third kappa shape index (κ3) is 3.62. The number of aliphatic carboxylic acids is 1. The van der Waals surface area contributed by atoms with Gasteiger partial charge in [0.15, 0.2) is 0 Å². The first-order valence-corrected chi connectivity index (χ1v) is 7.38. The van der Waals surface area contributed by atoms with E-state index in [-0.39, 0.29) is 24.3 Å². The first-order valence-electron chi connectivity index (χ1n) is 7.38. The fourth-order valence-corrected chi connectivity index (χ4v) is 2.76. The van der Waals surface area contributed by atoms with Gasteiger partial charge >= 0.3 is 5.97 Å². The maximum absolute atomic E-state index is 13.0. The number of rotatable bonds is 5. The summed E-state index contributed by atoms with van der Waals surface area (Å²) in [6, 6.07) is 5.27. The van der Waals surface area contributed by atoms with Gasteiger partial charge in [-0.25, -0.2) is 4.39 Å². The molecule has 1 aliphatic rings. The van der Waals surface area contributed by atoms with Crippen LogP contribution >= 0.6 is 0 Å². The maximum atomic E-state index is 13.0. The van der Waals surface area contributed by atoms with Crippen molar-refractivity contribution in [1.82, 2.24) is 9.80 Å². The predicted octanol–water partition coefficient (Wildman–Crippen LogP) is 1.89. The molecule has 0 unspecified atom stereocenters. The van der Waals surface area contributed by atoms with Gasteiger partial charge in [0.1, 0.15) is 11.9 Å². The van der Waals surface area contributed by atoms with Crippen molar-refractivity contribution in [1.29, 1.82) is 0 Å². The SMILES string of the molecule is C[C@@H](c1ccc(F)cc1)N(C)C(=O)CN1CCC[C@@H]1C(=O)O. The number of likely N-dealkylation sites (tertiary alicyclic amines) is 1. The largest absolute Gasteiger partial charge is 0.480 e. The highest BCUT2D eigenvalue weighted by Crippen LogP contribution is 2.21. The topological polar surface area (TPSA) is 60.9 Å². The number of carbonyl (C=O) groups excluding carboxylic acids is 1. The van der Waals surface area contributed by atoms with Gasteiger partial charge in [-0.15, -0.1) is 0 Å². The molecule has 0 spiro atoms. The second-order valence-electron chi connectivity index (χ2n) is 5.70. The number of carbonyl (C=O) groups is 2. The Morgan fingerprint density at radius 3 is 2.64 bits per heavy atom. The third-order valence-corrected chi connectivity index (χ3v) is 4.31. The summed E-state index contributed by atoms with van der Waals surface area (Å²) in [5, 5.41) is 9.15. The number of amides is 1. The molecule has 0 aromatic heterocycles. The summed E-state index contributed by atoms with van der Waals surface area (Å²) < 4.78 is 13.0. The molecule has 5 nitrogen and oxygen atoms in total. The number of benzene rings is 1. The van der Waals surface area contributed by atoms with E-state index in [0.29, 0.717) is 13.0 Å². The van der Waals surface area contributed by atoms with Crippen molar-refractivity contribution in [2.75, 3.05) is 20.1 Å². The zero-order valence-electron chi connectivity index (χ0n) is 12.8. The molecule has 120 valence electrons. The number of likely N-dealkylation sites (N-methyl/N-ethyl adjacent to an activating group) is 1. The monoisotopic (exact) mass is 308 g/mol. The molecule has 2 atom stereocenters. The molecular weight excluding hydrogens is 287 g/mol. The lowest BCUT2D eigenvalue weighted by Crippen LogP contribution is -2.44. The lowest BCUT2D eigenvalue weighted by molar-refractivity contribution is -0.143. The van der Waals surface area contributed by atoms with Crippen molar-refractivity contribution in [3.05, 3.63) is 35.6 Å². The van der Waals surface area contributed by atoms with Crippen molar-refractivity contribution in [3.8, 4) is 0 Å². The summed E-state index contributed by atoms with van der Waals surface area (Å²) in [5.74, 6) is -1.32. The minimum atomic E-state index is -0.875. The minimum Gasteiger partial charge on any atom is -0.480 e. The van der Waals surface area contributed by atoms with Gasteiger partial charge in [0.25, 0.3) is 0 Å². The molecule has 6 heteroatoms. The molecule has 1 aromatic carbocycles. The zero-order valence-corrected chi connectivity index (χ0v) is 12.8. The van der Waals surface area contributed by atoms with Crippen molar-refractivity contribution in [3.63, 3.8) is 0 Å². The van der Waals surface area contributed by atoms with Crippen molar-refractivity contribution < 1.29 is 19.1 Å². The molecule has 1 heterocycles. The van der Waals surface area contributed by atoms with Crippen LogP contribution in [0.2, 0.25) is 0 Å². The van der Waals surface area contributed by atoms with Crippen LogP contribution in [0.3, 0.4) is 0 Å². The number of halogens is 1. The summed E-state index contributed by atoms with van der Waals surface area (Å²) in [6.45, 7) is 2.59. The van der Waals surface area contributed by atoms with Crippen molar-refractivity contribution >= 4 is 11.9 Å². The molecular formula is C16H21FN2O3. The molecule has 1 aromatic rings. The molecule has 1 N–H and O–H groups in total. The molecule has 0 aliphatic carbocycles. The third-order valence-electron chi connectivity index (χ3n) is 4.31. The summed E-state index contributed by atoms with van der Waals surface area (Å²) >= 11 is 0. The number of carboxylic acids is 1. The normalized spacial score (nSPS) is 19.9. The van der Waals surface area contributed by atoms with Crippen LogP contribution in [-0.4, -0.2) is 53.0 Å². The number of hydrogen-bond donors (Lipinski definition) is 1. The van der Waals surface area contributed by atoms with Crippen LogP contribution in [-0.2, 0) is 9.59 Å². The van der Waals surface area contributed by atoms with Crippen LogP contribution < -0.4 is 0 Å². The fourth-order valence-electron chi connectivity index (χ4n) is 2.76. The molecule has 22 heavy (non-hydrogen) atoms. The lowest BCUT2D eigenvalue weighted by atomic mass is 10.1. The number of hydrogen-bond acceptors (Lipinski definition) is 3. The number of nitrogens with zero attached hydrogens (tertiary/aromatic N) is 2. The van der Waals surface area contributed by atoms with E-state index in [9.17, 15) is 14.0 Å². The highest BCUT2D eigenvalue weighted by Gasteiger charge is 2.32. The van der Waals surface area contributed by atoms with Crippen molar-refractivity contribution in [2.45, 2.75) is 31.8 Å². The highest BCUT2D eigenvalue weighted by molar-refractivity contribution is 5.80. The summed E-state index contributed by atoms with van der Waals surface area (Å²) in [6.07, 6.45) is 1.38. The molecule has 1 fully saturated rings. The zero-order chi connectivity index (χ0) is 16.3. The Morgan fingerprint density at radius 1 is 1.41 bits per heavy atom. The Hall–Kier alpha value is -1.95. The summed E-state index contributed by atoms with van der Waals surface area (Å²) in [4.78, 5) is 26.8. The predicted molar refractivity (Wildman–Crippen MR) is 79.8 cm³/mol. The standard InChI is InChI=1S/C16H21FN2O3/c1-11(12-5-7-13(17)8-6-12)18(2)15(20)10-19-9-3-4-14(19)16(21)22/h5-8,11,14H,3-4,9-10H2,1-2H3,(H,21,22)/t11-,14+/m0/s1. The lowest BCUT2D eigenvalue weighted by Gasteiger charge is -2.28. The molecule has 0 radical (unpaired) electrons. The average molecular weight is 308 g/mol. The van der Waals surface area contributed by atoms with E-state index in [1.807, 2.05) is 6.92 Å². The molecule has 0 bridgehead atoms. The Kier molecular flexibility index (Phi) is 5.13. The van der Waals surface area contributed by atoms with Crippen LogP contribution in [0, 0.1) is 5.82 Å². The van der Waals surface area contributed by atoms with Gasteiger partial charge in [0.05, 0.1) is 12.6 Å². The van der Waals surface area contributed by atoms with Crippen LogP contribution in [0.25, 0.3) is 0 Å². The first kappa shape index (κ1) is 16.4. The molecule has 1 amide bonds. The van der Waals surface area contributed by atoms with Crippen molar-refractivity contribution in [2.24, 2.45) is 0 Å². The smallest absolute Gasteiger partial charge is 0.320 e. The number of carboxylic acid groups (broad SMARTS) is 1. The van der Waals surface area contributed by atoms with E-state index in [4.69, 9.17) is 5.11 Å². The second kappa shape index (κ2) is 6.87. The molecule has 2 rings (SSSR count). The summed E-state index contributed by atoms with van der Waals surface area (Å²) in [5.41, 5.74) is 0.841. The first-order chi connectivity index (χ1) is 10.4. The van der Waals surface area contributed by atoms with E-state index in [1.54, 1.807) is 29.0 Å². The van der Waals surface area contributed by atoms with Crippen LogP contribution in [0.4, 0.5) is 4.39 Å². The Balaban J connectivity index is 1.99. The van der Waals surface area contributed by atoms with Crippen LogP contribution in [0.1, 0.15) is 31.4 Å². The van der Waals surface area contributed by atoms with E-state index < -0.39 is 12.0 Å². The quantitative estimate of drug-likeness (QED) is 0.902. The Morgan fingerprint density at radius 2 is 2.05 bits per heavy atom. The molecule has 1 aliphatic heterocycles. The van der Waals surface area contributed by atoms with Gasteiger partial charge in [-0.3, -0.25) is 14.5 Å². The van der Waals surface area contributed by atoms with Gasteiger partial charge in [0.2, 0.25) is 5.91 Å².